The van der Waals surface area contributed by atoms with Gasteiger partial charge in [-0.2, -0.15) is 0 Å². The molecule has 1 fully saturated rings. The van der Waals surface area contributed by atoms with Crippen LogP contribution in [0, 0.1) is 5.92 Å². The molecule has 0 aromatic carbocycles. The second kappa shape index (κ2) is 4.61. The summed E-state index contributed by atoms with van der Waals surface area (Å²) in [6.45, 7) is 5.56. The van der Waals surface area contributed by atoms with E-state index < -0.39 is 5.97 Å². The summed E-state index contributed by atoms with van der Waals surface area (Å²) < 4.78 is 0. The monoisotopic (exact) mass is 185 g/mol. The van der Waals surface area contributed by atoms with Crippen molar-refractivity contribution in [1.29, 1.82) is 0 Å². The Hall–Kier alpha value is -0.570. The van der Waals surface area contributed by atoms with Crippen molar-refractivity contribution in [2.24, 2.45) is 5.92 Å². The zero-order valence-corrected chi connectivity index (χ0v) is 8.49. The molecule has 13 heavy (non-hydrogen) atoms. The van der Waals surface area contributed by atoms with E-state index in [2.05, 4.69) is 11.8 Å². The predicted octanol–water partition coefficient (Wildman–Crippen LogP) is 1.58. The van der Waals surface area contributed by atoms with Crippen LogP contribution in [0.3, 0.4) is 0 Å². The molecule has 1 aliphatic carbocycles. The van der Waals surface area contributed by atoms with Gasteiger partial charge in [-0.3, -0.25) is 9.69 Å². The maximum absolute atomic E-state index is 10.7. The standard InChI is InChI=1S/C10H19NO2/c1-3-11(9-5-4-6-9)7-8(2)10(12)13/h8-9H,3-7H2,1-2H3,(H,12,13). The highest BCUT2D eigenvalue weighted by Crippen LogP contribution is 2.25. The van der Waals surface area contributed by atoms with Gasteiger partial charge in [0, 0.05) is 12.6 Å². The summed E-state index contributed by atoms with van der Waals surface area (Å²) >= 11 is 0. The molecule has 0 amide bonds. The lowest BCUT2D eigenvalue weighted by molar-refractivity contribution is -0.142. The van der Waals surface area contributed by atoms with Crippen LogP contribution in [0.1, 0.15) is 33.1 Å². The minimum absolute atomic E-state index is 0.236. The molecule has 0 saturated heterocycles. The van der Waals surface area contributed by atoms with E-state index in [0.717, 1.165) is 6.54 Å². The first-order valence-electron chi connectivity index (χ1n) is 5.12. The van der Waals surface area contributed by atoms with Gasteiger partial charge in [-0.25, -0.2) is 0 Å². The zero-order valence-electron chi connectivity index (χ0n) is 8.49. The average molecular weight is 185 g/mol. The van der Waals surface area contributed by atoms with Crippen LogP contribution in [0.15, 0.2) is 0 Å². The molecule has 3 nitrogen and oxygen atoms in total. The smallest absolute Gasteiger partial charge is 0.307 e. The molecular formula is C10H19NO2. The van der Waals surface area contributed by atoms with E-state index in [0.29, 0.717) is 12.6 Å². The number of carboxylic acid groups (broad SMARTS) is 1. The Morgan fingerprint density at radius 3 is 2.54 bits per heavy atom. The molecule has 1 rings (SSSR count). The number of hydrogen-bond donors (Lipinski definition) is 1. The van der Waals surface area contributed by atoms with Gasteiger partial charge in [0.2, 0.25) is 0 Å². The van der Waals surface area contributed by atoms with E-state index in [1.54, 1.807) is 6.92 Å². The van der Waals surface area contributed by atoms with Gasteiger partial charge in [0.25, 0.3) is 0 Å². The van der Waals surface area contributed by atoms with Crippen LogP contribution in [-0.4, -0.2) is 35.1 Å². The number of nitrogens with zero attached hydrogens (tertiary/aromatic N) is 1. The third-order valence-electron chi connectivity index (χ3n) is 2.93. The highest BCUT2D eigenvalue weighted by Gasteiger charge is 2.26. The van der Waals surface area contributed by atoms with E-state index in [4.69, 9.17) is 5.11 Å². The Morgan fingerprint density at radius 2 is 2.23 bits per heavy atom. The molecule has 0 aromatic rings. The second-order valence-corrected chi connectivity index (χ2v) is 3.91. The van der Waals surface area contributed by atoms with Crippen LogP contribution in [0.4, 0.5) is 0 Å². The zero-order chi connectivity index (χ0) is 9.84. The van der Waals surface area contributed by atoms with Gasteiger partial charge in [-0.05, 0) is 19.4 Å². The van der Waals surface area contributed by atoms with E-state index in [9.17, 15) is 4.79 Å². The summed E-state index contributed by atoms with van der Waals surface area (Å²) in [5.41, 5.74) is 0. The molecule has 3 heteroatoms. The Kier molecular flexibility index (Phi) is 3.72. The van der Waals surface area contributed by atoms with Crippen molar-refractivity contribution in [1.82, 2.24) is 4.90 Å². The van der Waals surface area contributed by atoms with E-state index in [-0.39, 0.29) is 5.92 Å². The third-order valence-corrected chi connectivity index (χ3v) is 2.93. The summed E-state index contributed by atoms with van der Waals surface area (Å²) in [4.78, 5) is 12.9. The summed E-state index contributed by atoms with van der Waals surface area (Å²) in [7, 11) is 0. The third kappa shape index (κ3) is 2.69. The van der Waals surface area contributed by atoms with E-state index >= 15 is 0 Å². The largest absolute Gasteiger partial charge is 0.481 e. The molecule has 0 aliphatic heterocycles. The number of hydrogen-bond acceptors (Lipinski definition) is 2. The summed E-state index contributed by atoms with van der Waals surface area (Å²) in [5.74, 6) is -0.918. The van der Waals surface area contributed by atoms with Gasteiger partial charge < -0.3 is 5.11 Å². The lowest BCUT2D eigenvalue weighted by Crippen LogP contribution is -2.43. The lowest BCUT2D eigenvalue weighted by Gasteiger charge is -2.37. The Balaban J connectivity index is 2.34. The quantitative estimate of drug-likeness (QED) is 0.707. The number of carboxylic acids is 1. The highest BCUT2D eigenvalue weighted by molar-refractivity contribution is 5.69. The first kappa shape index (κ1) is 10.5. The number of carbonyl (C=O) groups is 1. The fourth-order valence-corrected chi connectivity index (χ4v) is 1.72. The van der Waals surface area contributed by atoms with Crippen LogP contribution in [0.25, 0.3) is 0 Å². The molecule has 1 saturated carbocycles. The maximum atomic E-state index is 10.7. The van der Waals surface area contributed by atoms with Crippen molar-refractivity contribution in [3.05, 3.63) is 0 Å². The van der Waals surface area contributed by atoms with Gasteiger partial charge >= 0.3 is 5.97 Å². The first-order chi connectivity index (χ1) is 6.15. The Bertz CT molecular complexity index is 178. The summed E-state index contributed by atoms with van der Waals surface area (Å²) in [6.07, 6.45) is 3.81. The van der Waals surface area contributed by atoms with Crippen LogP contribution in [0.5, 0.6) is 0 Å². The van der Waals surface area contributed by atoms with Gasteiger partial charge in [-0.1, -0.05) is 20.3 Å². The average Bonchev–Trinajstić information content (AvgIpc) is 1.99. The molecule has 0 heterocycles. The first-order valence-corrected chi connectivity index (χ1v) is 5.12. The van der Waals surface area contributed by atoms with Gasteiger partial charge in [0.05, 0.1) is 5.92 Å². The predicted molar refractivity (Wildman–Crippen MR) is 51.7 cm³/mol. The summed E-state index contributed by atoms with van der Waals surface area (Å²) in [6, 6.07) is 0.659. The fraction of sp³-hybridized carbons (Fsp3) is 0.900. The molecule has 0 aromatic heterocycles. The minimum Gasteiger partial charge on any atom is -0.481 e. The van der Waals surface area contributed by atoms with E-state index in [1.807, 2.05) is 0 Å². The van der Waals surface area contributed by atoms with E-state index in [1.165, 1.54) is 19.3 Å². The van der Waals surface area contributed by atoms with Crippen molar-refractivity contribution in [2.75, 3.05) is 13.1 Å². The molecule has 1 aliphatic rings. The molecule has 0 radical (unpaired) electrons. The second-order valence-electron chi connectivity index (χ2n) is 3.91. The van der Waals surface area contributed by atoms with Gasteiger partial charge in [0.15, 0.2) is 0 Å². The van der Waals surface area contributed by atoms with Gasteiger partial charge in [-0.15, -0.1) is 0 Å². The Morgan fingerprint density at radius 1 is 1.62 bits per heavy atom. The van der Waals surface area contributed by atoms with Crippen molar-refractivity contribution >= 4 is 5.97 Å². The fourth-order valence-electron chi connectivity index (χ4n) is 1.72. The van der Waals surface area contributed by atoms with Crippen molar-refractivity contribution < 1.29 is 9.90 Å². The maximum Gasteiger partial charge on any atom is 0.307 e. The lowest BCUT2D eigenvalue weighted by atomic mass is 9.91. The van der Waals surface area contributed by atoms with Crippen LogP contribution in [0.2, 0.25) is 0 Å². The molecule has 0 spiro atoms. The number of aliphatic carboxylic acids is 1. The minimum atomic E-state index is -0.683. The molecular weight excluding hydrogens is 166 g/mol. The Labute approximate surface area is 79.7 Å². The van der Waals surface area contributed by atoms with Crippen LogP contribution in [-0.2, 0) is 4.79 Å². The normalized spacial score (nSPS) is 19.9. The topological polar surface area (TPSA) is 40.5 Å². The molecule has 1 atom stereocenters. The molecule has 1 N–H and O–H groups in total. The summed E-state index contributed by atoms with van der Waals surface area (Å²) in [5, 5.41) is 8.77. The number of rotatable bonds is 5. The molecule has 76 valence electrons. The van der Waals surface area contributed by atoms with Crippen molar-refractivity contribution in [3.8, 4) is 0 Å². The molecule has 1 unspecified atom stereocenters. The van der Waals surface area contributed by atoms with Crippen LogP contribution < -0.4 is 0 Å². The van der Waals surface area contributed by atoms with Crippen molar-refractivity contribution in [3.63, 3.8) is 0 Å². The highest BCUT2D eigenvalue weighted by atomic mass is 16.4. The van der Waals surface area contributed by atoms with Crippen molar-refractivity contribution in [2.45, 2.75) is 39.2 Å². The van der Waals surface area contributed by atoms with Gasteiger partial charge in [0.1, 0.15) is 0 Å². The SMILES string of the molecule is CCN(CC(C)C(=O)O)C1CCC1. The molecule has 0 bridgehead atoms. The van der Waals surface area contributed by atoms with Crippen LogP contribution >= 0.6 is 0 Å².